The molecule has 0 radical (unpaired) electrons. The van der Waals surface area contributed by atoms with E-state index in [1.165, 1.54) is 10.6 Å². The molecule has 0 bridgehead atoms. The van der Waals surface area contributed by atoms with Crippen molar-refractivity contribution in [2.75, 3.05) is 32.4 Å². The highest BCUT2D eigenvalue weighted by Gasteiger charge is 2.25. The summed E-state index contributed by atoms with van der Waals surface area (Å²) in [5.74, 6) is 0.300. The zero-order valence-corrected chi connectivity index (χ0v) is 13.5. The lowest BCUT2D eigenvalue weighted by atomic mass is 10.3. The number of piperazine rings is 1. The van der Waals surface area contributed by atoms with Gasteiger partial charge >= 0.3 is 6.55 Å². The number of benzene rings is 1. The molecule has 0 amide bonds. The van der Waals surface area contributed by atoms with Crippen molar-refractivity contribution in [3.63, 3.8) is 0 Å². The number of hydrogen-bond acceptors (Lipinski definition) is 4. The molecule has 1 aromatic carbocycles. The van der Waals surface area contributed by atoms with Crippen molar-refractivity contribution < 1.29 is 17.2 Å². The molecule has 2 aromatic rings. The van der Waals surface area contributed by atoms with Crippen molar-refractivity contribution in [3.05, 3.63) is 30.1 Å². The van der Waals surface area contributed by atoms with Crippen LogP contribution >= 0.6 is 0 Å². The van der Waals surface area contributed by atoms with E-state index in [1.54, 1.807) is 24.3 Å². The van der Waals surface area contributed by atoms with Gasteiger partial charge in [-0.3, -0.25) is 9.47 Å². The first-order valence-electron chi connectivity index (χ1n) is 7.28. The van der Waals surface area contributed by atoms with Crippen LogP contribution in [0.4, 0.5) is 8.78 Å². The second-order valence-corrected chi connectivity index (χ2v) is 7.59. The van der Waals surface area contributed by atoms with Crippen LogP contribution < -0.4 is 0 Å². The number of imidazole rings is 1. The van der Waals surface area contributed by atoms with Gasteiger partial charge in [-0.25, -0.2) is 13.4 Å². The number of sulfonamides is 1. The van der Waals surface area contributed by atoms with Crippen molar-refractivity contribution in [3.8, 4) is 0 Å². The molecule has 0 saturated carbocycles. The Morgan fingerprint density at radius 3 is 2.43 bits per heavy atom. The lowest BCUT2D eigenvalue weighted by molar-refractivity contribution is 0.0670. The largest absolute Gasteiger partial charge is 0.320 e. The summed E-state index contributed by atoms with van der Waals surface area (Å²) < 4.78 is 52.1. The third kappa shape index (κ3) is 3.36. The number of para-hydroxylation sites is 2. The average molecular weight is 344 g/mol. The topological polar surface area (TPSA) is 58.4 Å². The first-order valence-corrected chi connectivity index (χ1v) is 9.12. The van der Waals surface area contributed by atoms with Crippen molar-refractivity contribution in [2.24, 2.45) is 0 Å². The number of hydrogen-bond donors (Lipinski definition) is 0. The van der Waals surface area contributed by atoms with E-state index in [2.05, 4.69) is 4.98 Å². The summed E-state index contributed by atoms with van der Waals surface area (Å²) in [5.41, 5.74) is 0.949. The SMILES string of the molecule is CS(=O)(=O)N1CCN(Cc2nc3ccccc3n2C(F)F)CC1. The highest BCUT2D eigenvalue weighted by Crippen LogP contribution is 2.24. The predicted molar refractivity (Wildman–Crippen MR) is 82.7 cm³/mol. The minimum absolute atomic E-state index is 0.274. The molecule has 6 nitrogen and oxygen atoms in total. The van der Waals surface area contributed by atoms with Crippen LogP contribution in [0.1, 0.15) is 12.4 Å². The second-order valence-electron chi connectivity index (χ2n) is 5.60. The number of halogens is 2. The van der Waals surface area contributed by atoms with Crippen LogP contribution in [-0.4, -0.2) is 59.6 Å². The zero-order chi connectivity index (χ0) is 16.6. The molecular weight excluding hydrogens is 326 g/mol. The molecule has 1 aliphatic rings. The number of aromatic nitrogens is 2. The summed E-state index contributed by atoms with van der Waals surface area (Å²) in [7, 11) is -3.20. The molecule has 1 saturated heterocycles. The molecule has 1 fully saturated rings. The van der Waals surface area contributed by atoms with Crippen molar-refractivity contribution in [1.82, 2.24) is 18.8 Å². The van der Waals surface area contributed by atoms with Gasteiger partial charge in [-0.05, 0) is 12.1 Å². The lowest BCUT2D eigenvalue weighted by Gasteiger charge is -2.32. The maximum atomic E-state index is 13.4. The van der Waals surface area contributed by atoms with Gasteiger partial charge < -0.3 is 0 Å². The lowest BCUT2D eigenvalue weighted by Crippen LogP contribution is -2.48. The van der Waals surface area contributed by atoms with Gasteiger partial charge in [0.05, 0.1) is 23.8 Å². The maximum absolute atomic E-state index is 13.4. The van der Waals surface area contributed by atoms with E-state index in [0.717, 1.165) is 4.57 Å². The van der Waals surface area contributed by atoms with Crippen LogP contribution in [0.15, 0.2) is 24.3 Å². The van der Waals surface area contributed by atoms with Crippen LogP contribution in [0.5, 0.6) is 0 Å². The molecular formula is C14H18F2N4O2S. The van der Waals surface area contributed by atoms with E-state index in [4.69, 9.17) is 0 Å². The molecule has 0 atom stereocenters. The molecule has 126 valence electrons. The van der Waals surface area contributed by atoms with E-state index in [1.807, 2.05) is 4.90 Å². The Labute approximate surface area is 133 Å². The Morgan fingerprint density at radius 1 is 1.17 bits per heavy atom. The highest BCUT2D eigenvalue weighted by molar-refractivity contribution is 7.88. The molecule has 0 N–H and O–H groups in total. The fourth-order valence-corrected chi connectivity index (χ4v) is 3.67. The Bertz CT molecular complexity index is 798. The van der Waals surface area contributed by atoms with Crippen molar-refractivity contribution in [1.29, 1.82) is 0 Å². The van der Waals surface area contributed by atoms with Gasteiger partial charge in [0.2, 0.25) is 10.0 Å². The van der Waals surface area contributed by atoms with Gasteiger partial charge in [0, 0.05) is 26.2 Å². The number of rotatable bonds is 4. The molecule has 3 rings (SSSR count). The minimum atomic E-state index is -3.20. The molecule has 23 heavy (non-hydrogen) atoms. The van der Waals surface area contributed by atoms with Gasteiger partial charge in [0.25, 0.3) is 0 Å². The van der Waals surface area contributed by atoms with E-state index >= 15 is 0 Å². The van der Waals surface area contributed by atoms with E-state index in [9.17, 15) is 17.2 Å². The molecule has 0 spiro atoms. The summed E-state index contributed by atoms with van der Waals surface area (Å²) in [6.45, 7) is -0.647. The average Bonchev–Trinajstić information content (AvgIpc) is 2.84. The Hall–Kier alpha value is -1.58. The van der Waals surface area contributed by atoms with E-state index < -0.39 is 16.6 Å². The Balaban J connectivity index is 1.79. The Morgan fingerprint density at radius 2 is 1.83 bits per heavy atom. The van der Waals surface area contributed by atoms with E-state index in [0.29, 0.717) is 43.0 Å². The van der Waals surface area contributed by atoms with Gasteiger partial charge in [-0.2, -0.15) is 13.1 Å². The predicted octanol–water partition coefficient (Wildman–Crippen LogP) is 1.51. The standard InChI is InChI=1S/C14H18F2N4O2S/c1-23(21,22)19-8-6-18(7-9-19)10-13-17-11-4-2-3-5-12(11)20(13)14(15)16/h2-5,14H,6-10H2,1H3. The molecule has 1 aliphatic heterocycles. The van der Waals surface area contributed by atoms with Crippen molar-refractivity contribution in [2.45, 2.75) is 13.1 Å². The van der Waals surface area contributed by atoms with Crippen LogP contribution in [0.2, 0.25) is 0 Å². The summed E-state index contributed by atoms with van der Waals surface area (Å²) >= 11 is 0. The number of alkyl halides is 2. The van der Waals surface area contributed by atoms with Crippen LogP contribution in [0, 0.1) is 0 Å². The summed E-state index contributed by atoms with van der Waals surface area (Å²) in [6.07, 6.45) is 1.18. The monoisotopic (exact) mass is 344 g/mol. The van der Waals surface area contributed by atoms with Gasteiger partial charge in [0.15, 0.2) is 0 Å². The Kier molecular flexibility index (Phi) is 4.35. The smallest absolute Gasteiger partial charge is 0.293 e. The quantitative estimate of drug-likeness (QED) is 0.844. The van der Waals surface area contributed by atoms with Gasteiger partial charge in [-0.15, -0.1) is 0 Å². The van der Waals surface area contributed by atoms with E-state index in [-0.39, 0.29) is 6.54 Å². The minimum Gasteiger partial charge on any atom is -0.293 e. The zero-order valence-electron chi connectivity index (χ0n) is 12.7. The summed E-state index contributed by atoms with van der Waals surface area (Å²) in [5, 5.41) is 0. The van der Waals surface area contributed by atoms with Crippen LogP contribution in [0.3, 0.4) is 0 Å². The van der Waals surface area contributed by atoms with Crippen LogP contribution in [0.25, 0.3) is 11.0 Å². The third-order valence-electron chi connectivity index (χ3n) is 4.03. The van der Waals surface area contributed by atoms with Crippen LogP contribution in [-0.2, 0) is 16.6 Å². The molecule has 1 aromatic heterocycles. The molecule has 0 aliphatic carbocycles. The first kappa shape index (κ1) is 16.3. The van der Waals surface area contributed by atoms with Gasteiger partial charge in [0.1, 0.15) is 5.82 Å². The van der Waals surface area contributed by atoms with Gasteiger partial charge in [-0.1, -0.05) is 12.1 Å². The second kappa shape index (κ2) is 6.14. The number of fused-ring (bicyclic) bond motifs is 1. The maximum Gasteiger partial charge on any atom is 0.320 e. The normalized spacial score (nSPS) is 18.1. The third-order valence-corrected chi connectivity index (χ3v) is 5.33. The first-order chi connectivity index (χ1) is 10.9. The number of nitrogens with zero attached hydrogens (tertiary/aromatic N) is 4. The highest BCUT2D eigenvalue weighted by atomic mass is 32.2. The summed E-state index contributed by atoms with van der Waals surface area (Å²) in [4.78, 5) is 6.25. The van der Waals surface area contributed by atoms with Crippen molar-refractivity contribution >= 4 is 21.1 Å². The molecule has 9 heteroatoms. The molecule has 2 heterocycles. The fraction of sp³-hybridized carbons (Fsp3) is 0.500. The molecule has 0 unspecified atom stereocenters. The fourth-order valence-electron chi connectivity index (χ4n) is 2.84. The summed E-state index contributed by atoms with van der Waals surface area (Å²) in [6, 6.07) is 6.80.